The van der Waals surface area contributed by atoms with Gasteiger partial charge in [-0.3, -0.25) is 9.78 Å². The maximum atomic E-state index is 13.2. The third kappa shape index (κ3) is 5.01. The minimum atomic E-state index is 0.0618. The van der Waals surface area contributed by atoms with Crippen molar-refractivity contribution in [3.8, 4) is 11.4 Å². The minimum absolute atomic E-state index is 0.0618. The van der Waals surface area contributed by atoms with Crippen LogP contribution < -0.4 is 5.32 Å². The van der Waals surface area contributed by atoms with Gasteiger partial charge in [0, 0.05) is 54.1 Å². The van der Waals surface area contributed by atoms with Crippen molar-refractivity contribution < 1.29 is 4.79 Å². The quantitative estimate of drug-likeness (QED) is 0.396. The highest BCUT2D eigenvalue weighted by atomic mass is 16.2. The Balaban J connectivity index is 1.45. The standard InChI is InChI=1S/C27H31N7O/c1-3-9-21-17-24(34-27(30-21)31-25(32-34)20-11-8-15-28-18-20)29-22-12-7-10-19(16-22)26(35)33(2)23-13-5-4-6-14-23/h7-8,10-12,15-18,23,29H,3-6,9,13-14H2,1-2H3. The van der Waals surface area contributed by atoms with E-state index in [1.165, 1.54) is 19.3 Å². The summed E-state index contributed by atoms with van der Waals surface area (Å²) in [4.78, 5) is 28.7. The van der Waals surface area contributed by atoms with Crippen molar-refractivity contribution in [2.45, 2.75) is 57.9 Å². The van der Waals surface area contributed by atoms with Crippen molar-refractivity contribution in [1.29, 1.82) is 0 Å². The van der Waals surface area contributed by atoms with E-state index < -0.39 is 0 Å². The summed E-state index contributed by atoms with van der Waals surface area (Å²) in [7, 11) is 1.93. The molecule has 3 heterocycles. The Morgan fingerprint density at radius 1 is 1.11 bits per heavy atom. The Labute approximate surface area is 205 Å². The van der Waals surface area contributed by atoms with Gasteiger partial charge in [-0.15, -0.1) is 5.10 Å². The summed E-state index contributed by atoms with van der Waals surface area (Å²) in [6, 6.07) is 13.8. The number of aromatic nitrogens is 5. The molecule has 1 aromatic carbocycles. The molecule has 0 aliphatic heterocycles. The minimum Gasteiger partial charge on any atom is -0.340 e. The summed E-state index contributed by atoms with van der Waals surface area (Å²) >= 11 is 0. The third-order valence-electron chi connectivity index (χ3n) is 6.62. The van der Waals surface area contributed by atoms with Crippen molar-refractivity contribution in [1.82, 2.24) is 29.5 Å². The number of aryl methyl sites for hydroxylation is 1. The highest BCUT2D eigenvalue weighted by molar-refractivity contribution is 5.95. The molecule has 35 heavy (non-hydrogen) atoms. The van der Waals surface area contributed by atoms with Crippen molar-refractivity contribution in [3.63, 3.8) is 0 Å². The molecule has 8 nitrogen and oxygen atoms in total. The Morgan fingerprint density at radius 3 is 2.74 bits per heavy atom. The molecule has 4 aromatic rings. The number of hydrogen-bond acceptors (Lipinski definition) is 6. The number of pyridine rings is 1. The van der Waals surface area contributed by atoms with Gasteiger partial charge in [0.2, 0.25) is 0 Å². The Hall–Kier alpha value is -3.81. The van der Waals surface area contributed by atoms with E-state index in [0.717, 1.165) is 48.4 Å². The average molecular weight is 470 g/mol. The molecule has 5 rings (SSSR count). The summed E-state index contributed by atoms with van der Waals surface area (Å²) < 4.78 is 1.71. The summed E-state index contributed by atoms with van der Waals surface area (Å²) in [6.45, 7) is 2.13. The molecular weight excluding hydrogens is 438 g/mol. The van der Waals surface area contributed by atoms with Gasteiger partial charge < -0.3 is 10.2 Å². The lowest BCUT2D eigenvalue weighted by Gasteiger charge is -2.31. The second-order valence-electron chi connectivity index (χ2n) is 9.19. The van der Waals surface area contributed by atoms with Crippen LogP contribution in [-0.4, -0.2) is 48.5 Å². The number of nitrogens with zero attached hydrogens (tertiary/aromatic N) is 6. The van der Waals surface area contributed by atoms with E-state index in [1.807, 2.05) is 54.4 Å². The zero-order valence-corrected chi connectivity index (χ0v) is 20.3. The number of carbonyl (C=O) groups is 1. The molecule has 1 amide bonds. The first-order chi connectivity index (χ1) is 17.1. The lowest BCUT2D eigenvalue weighted by Crippen LogP contribution is -2.38. The molecule has 0 saturated heterocycles. The fourth-order valence-electron chi connectivity index (χ4n) is 4.72. The first kappa shape index (κ1) is 23.0. The highest BCUT2D eigenvalue weighted by Crippen LogP contribution is 2.25. The molecule has 0 radical (unpaired) electrons. The van der Waals surface area contributed by atoms with Crippen molar-refractivity contribution in [3.05, 3.63) is 66.1 Å². The monoisotopic (exact) mass is 469 g/mol. The van der Waals surface area contributed by atoms with Crippen LogP contribution >= 0.6 is 0 Å². The predicted octanol–water partition coefficient (Wildman–Crippen LogP) is 5.29. The van der Waals surface area contributed by atoms with Crippen LogP contribution in [0.4, 0.5) is 11.5 Å². The van der Waals surface area contributed by atoms with Gasteiger partial charge in [0.25, 0.3) is 11.7 Å². The second kappa shape index (κ2) is 10.2. The largest absolute Gasteiger partial charge is 0.340 e. The number of rotatable bonds is 7. The lowest BCUT2D eigenvalue weighted by molar-refractivity contribution is 0.0696. The first-order valence-corrected chi connectivity index (χ1v) is 12.4. The highest BCUT2D eigenvalue weighted by Gasteiger charge is 2.23. The van der Waals surface area contributed by atoms with E-state index in [9.17, 15) is 4.79 Å². The number of carbonyl (C=O) groups excluding carboxylic acids is 1. The van der Waals surface area contributed by atoms with E-state index in [0.29, 0.717) is 23.2 Å². The number of fused-ring (bicyclic) bond motifs is 1. The average Bonchev–Trinajstić information content (AvgIpc) is 3.34. The van der Waals surface area contributed by atoms with E-state index in [-0.39, 0.29) is 5.91 Å². The predicted molar refractivity (Wildman–Crippen MR) is 137 cm³/mol. The van der Waals surface area contributed by atoms with E-state index in [2.05, 4.69) is 22.2 Å². The first-order valence-electron chi connectivity index (χ1n) is 12.4. The summed E-state index contributed by atoms with van der Waals surface area (Å²) in [5, 5.41) is 8.15. The number of nitrogens with one attached hydrogen (secondary N) is 1. The van der Waals surface area contributed by atoms with Crippen LogP contribution in [0.5, 0.6) is 0 Å². The molecule has 8 heteroatoms. The molecular formula is C27H31N7O. The van der Waals surface area contributed by atoms with Gasteiger partial charge in [0.1, 0.15) is 5.82 Å². The molecule has 0 unspecified atom stereocenters. The molecule has 3 aromatic heterocycles. The number of amides is 1. The molecule has 0 atom stereocenters. The van der Waals surface area contributed by atoms with Crippen molar-refractivity contribution in [2.75, 3.05) is 12.4 Å². The molecule has 1 aliphatic rings. The van der Waals surface area contributed by atoms with Gasteiger partial charge in [-0.05, 0) is 49.6 Å². The summed E-state index contributed by atoms with van der Waals surface area (Å²) in [6.07, 6.45) is 11.1. The fraction of sp³-hybridized carbons (Fsp3) is 0.370. The van der Waals surface area contributed by atoms with E-state index in [1.54, 1.807) is 16.9 Å². The van der Waals surface area contributed by atoms with Crippen molar-refractivity contribution >= 4 is 23.2 Å². The zero-order chi connectivity index (χ0) is 24.2. The number of benzene rings is 1. The van der Waals surface area contributed by atoms with Crippen LogP contribution in [0.3, 0.4) is 0 Å². The fourth-order valence-corrected chi connectivity index (χ4v) is 4.72. The van der Waals surface area contributed by atoms with E-state index in [4.69, 9.17) is 10.1 Å². The molecule has 1 saturated carbocycles. The van der Waals surface area contributed by atoms with Gasteiger partial charge in [0.15, 0.2) is 5.82 Å². The molecule has 0 spiro atoms. The molecule has 1 aliphatic carbocycles. The number of anilines is 2. The summed E-state index contributed by atoms with van der Waals surface area (Å²) in [5.74, 6) is 1.92. The molecule has 0 bridgehead atoms. The molecule has 1 fully saturated rings. The van der Waals surface area contributed by atoms with E-state index >= 15 is 0 Å². The number of hydrogen-bond donors (Lipinski definition) is 1. The Morgan fingerprint density at radius 2 is 1.97 bits per heavy atom. The Kier molecular flexibility index (Phi) is 6.70. The smallest absolute Gasteiger partial charge is 0.254 e. The summed E-state index contributed by atoms with van der Waals surface area (Å²) in [5.41, 5.74) is 3.27. The molecule has 180 valence electrons. The second-order valence-corrected chi connectivity index (χ2v) is 9.19. The normalized spacial score (nSPS) is 14.2. The van der Waals surface area contributed by atoms with Crippen LogP contribution in [0.2, 0.25) is 0 Å². The SMILES string of the molecule is CCCc1cc(Nc2cccc(C(=O)N(C)C3CCCCC3)c2)n2nc(-c3cccnc3)nc2n1. The Bertz CT molecular complexity index is 1310. The van der Waals surface area contributed by atoms with Gasteiger partial charge >= 0.3 is 0 Å². The van der Waals surface area contributed by atoms with Gasteiger partial charge in [0.05, 0.1) is 0 Å². The van der Waals surface area contributed by atoms with Crippen LogP contribution in [0, 0.1) is 0 Å². The van der Waals surface area contributed by atoms with Crippen molar-refractivity contribution in [2.24, 2.45) is 0 Å². The zero-order valence-electron chi connectivity index (χ0n) is 20.3. The third-order valence-corrected chi connectivity index (χ3v) is 6.62. The van der Waals surface area contributed by atoms with Crippen LogP contribution in [0.15, 0.2) is 54.9 Å². The van der Waals surface area contributed by atoms with Gasteiger partial charge in [-0.25, -0.2) is 4.98 Å². The van der Waals surface area contributed by atoms with Crippen LogP contribution in [0.1, 0.15) is 61.5 Å². The molecule has 1 N–H and O–H groups in total. The van der Waals surface area contributed by atoms with Gasteiger partial charge in [-0.2, -0.15) is 9.50 Å². The maximum absolute atomic E-state index is 13.2. The van der Waals surface area contributed by atoms with Crippen LogP contribution in [-0.2, 0) is 6.42 Å². The van der Waals surface area contributed by atoms with Crippen LogP contribution in [0.25, 0.3) is 17.2 Å². The lowest BCUT2D eigenvalue weighted by atomic mass is 9.94. The topological polar surface area (TPSA) is 88.3 Å². The maximum Gasteiger partial charge on any atom is 0.254 e. The van der Waals surface area contributed by atoms with Gasteiger partial charge in [-0.1, -0.05) is 38.7 Å².